The maximum Gasteiger partial charge on any atom is 0.243 e. The number of nitrogens with two attached hydrogens (primary N) is 1. The summed E-state index contributed by atoms with van der Waals surface area (Å²) in [5.74, 6) is -0.383. The lowest BCUT2D eigenvalue weighted by atomic mass is 10.2. The highest BCUT2D eigenvalue weighted by Gasteiger charge is 2.31. The van der Waals surface area contributed by atoms with Crippen molar-refractivity contribution in [2.24, 2.45) is 5.73 Å². The van der Waals surface area contributed by atoms with E-state index >= 15 is 0 Å². The molecule has 1 aliphatic rings. The first-order valence-corrected chi connectivity index (χ1v) is 8.78. The Morgan fingerprint density at radius 3 is 2.32 bits per heavy atom. The second-order valence-electron chi connectivity index (χ2n) is 5.79. The number of piperazine rings is 1. The molecule has 0 spiro atoms. The number of nitrogens with zero attached hydrogens (tertiary/aromatic N) is 2. The van der Waals surface area contributed by atoms with Gasteiger partial charge in [-0.25, -0.2) is 8.42 Å². The van der Waals surface area contributed by atoms with E-state index in [4.69, 9.17) is 5.73 Å². The molecule has 1 aromatic carbocycles. The van der Waals surface area contributed by atoms with Crippen LogP contribution in [0.4, 0.5) is 0 Å². The quantitative estimate of drug-likeness (QED) is 0.873. The molecular formula is C15H23N3O3S. The first kappa shape index (κ1) is 16.9. The van der Waals surface area contributed by atoms with Gasteiger partial charge in [0.1, 0.15) is 0 Å². The molecule has 1 fully saturated rings. The lowest BCUT2D eigenvalue weighted by Gasteiger charge is -2.36. The standard InChI is InChI=1S/C15H23N3O3S/c1-11-4-5-12(2)14(10-11)22(20,21)18-8-6-17(7-9-18)13(3)15(16)19/h4-5,10,13H,6-9H2,1-3H3,(H2,16,19)/t13-/m0/s1. The third kappa shape index (κ3) is 3.31. The first-order valence-electron chi connectivity index (χ1n) is 7.34. The van der Waals surface area contributed by atoms with Gasteiger partial charge in [-0.05, 0) is 38.0 Å². The predicted molar refractivity (Wildman–Crippen MR) is 84.9 cm³/mol. The molecule has 6 nitrogen and oxygen atoms in total. The number of rotatable bonds is 4. The monoisotopic (exact) mass is 325 g/mol. The van der Waals surface area contributed by atoms with Crippen LogP contribution < -0.4 is 5.73 Å². The molecule has 1 atom stereocenters. The van der Waals surface area contributed by atoms with Gasteiger partial charge in [0.15, 0.2) is 0 Å². The van der Waals surface area contributed by atoms with Crippen molar-refractivity contribution >= 4 is 15.9 Å². The van der Waals surface area contributed by atoms with Crippen LogP contribution in [0.5, 0.6) is 0 Å². The average Bonchev–Trinajstić information content (AvgIpc) is 2.48. The summed E-state index contributed by atoms with van der Waals surface area (Å²) in [6.45, 7) is 7.18. The Labute approximate surface area is 131 Å². The third-order valence-corrected chi connectivity index (χ3v) is 6.23. The van der Waals surface area contributed by atoms with Gasteiger partial charge in [0.05, 0.1) is 10.9 Å². The number of benzene rings is 1. The van der Waals surface area contributed by atoms with Crippen LogP contribution in [0.25, 0.3) is 0 Å². The van der Waals surface area contributed by atoms with E-state index in [2.05, 4.69) is 0 Å². The molecule has 1 heterocycles. The van der Waals surface area contributed by atoms with Gasteiger partial charge in [0, 0.05) is 26.2 Å². The van der Waals surface area contributed by atoms with Crippen LogP contribution in [0.2, 0.25) is 0 Å². The zero-order valence-electron chi connectivity index (χ0n) is 13.2. The molecule has 1 amide bonds. The highest BCUT2D eigenvalue weighted by Crippen LogP contribution is 2.22. The van der Waals surface area contributed by atoms with E-state index < -0.39 is 10.0 Å². The Kier molecular flexibility index (Phi) is 4.89. The molecule has 122 valence electrons. The summed E-state index contributed by atoms with van der Waals surface area (Å²) in [7, 11) is -3.49. The Bertz CT molecular complexity index is 665. The van der Waals surface area contributed by atoms with E-state index in [0.717, 1.165) is 11.1 Å². The highest BCUT2D eigenvalue weighted by molar-refractivity contribution is 7.89. The minimum atomic E-state index is -3.49. The van der Waals surface area contributed by atoms with Crippen LogP contribution in [-0.4, -0.2) is 55.8 Å². The van der Waals surface area contributed by atoms with Gasteiger partial charge in [-0.2, -0.15) is 4.31 Å². The molecule has 0 aromatic heterocycles. The van der Waals surface area contributed by atoms with Crippen molar-refractivity contribution in [2.45, 2.75) is 31.7 Å². The molecule has 0 bridgehead atoms. The summed E-state index contributed by atoms with van der Waals surface area (Å²) in [6, 6.07) is 5.07. The van der Waals surface area contributed by atoms with E-state index in [-0.39, 0.29) is 11.9 Å². The minimum absolute atomic E-state index is 0.365. The number of carbonyl (C=O) groups excluding carboxylic acids is 1. The Balaban J connectivity index is 2.16. The third-order valence-electron chi connectivity index (χ3n) is 4.19. The maximum absolute atomic E-state index is 12.8. The fraction of sp³-hybridized carbons (Fsp3) is 0.533. The Morgan fingerprint density at radius 1 is 1.18 bits per heavy atom. The summed E-state index contributed by atoms with van der Waals surface area (Å²) in [4.78, 5) is 13.5. The van der Waals surface area contributed by atoms with Crippen LogP contribution in [0.15, 0.2) is 23.1 Å². The summed E-state index contributed by atoms with van der Waals surface area (Å²) in [6.07, 6.45) is 0. The summed E-state index contributed by atoms with van der Waals surface area (Å²) >= 11 is 0. The highest BCUT2D eigenvalue weighted by atomic mass is 32.2. The van der Waals surface area contributed by atoms with E-state index in [1.54, 1.807) is 19.9 Å². The zero-order valence-corrected chi connectivity index (χ0v) is 14.1. The molecular weight excluding hydrogens is 302 g/mol. The topological polar surface area (TPSA) is 83.7 Å². The van der Waals surface area contributed by atoms with Gasteiger partial charge in [-0.15, -0.1) is 0 Å². The summed E-state index contributed by atoms with van der Waals surface area (Å²) in [5, 5.41) is 0. The van der Waals surface area contributed by atoms with Crippen LogP contribution in [-0.2, 0) is 14.8 Å². The smallest absolute Gasteiger partial charge is 0.243 e. The largest absolute Gasteiger partial charge is 0.368 e. The lowest BCUT2D eigenvalue weighted by Crippen LogP contribution is -2.54. The van der Waals surface area contributed by atoms with Gasteiger partial charge in [0.25, 0.3) is 0 Å². The fourth-order valence-corrected chi connectivity index (χ4v) is 4.37. The molecule has 0 radical (unpaired) electrons. The van der Waals surface area contributed by atoms with Crippen molar-refractivity contribution in [2.75, 3.05) is 26.2 Å². The molecule has 1 aliphatic heterocycles. The number of primary amides is 1. The number of amides is 1. The Morgan fingerprint density at radius 2 is 1.77 bits per heavy atom. The van der Waals surface area contributed by atoms with Crippen molar-refractivity contribution in [3.63, 3.8) is 0 Å². The average molecular weight is 325 g/mol. The molecule has 0 unspecified atom stereocenters. The predicted octanol–water partition coefficient (Wildman–Crippen LogP) is 0.484. The number of aryl methyl sites for hydroxylation is 2. The first-order chi connectivity index (χ1) is 10.2. The minimum Gasteiger partial charge on any atom is -0.368 e. The number of carbonyl (C=O) groups is 1. The van der Waals surface area contributed by atoms with E-state index in [1.165, 1.54) is 4.31 Å². The second kappa shape index (κ2) is 6.36. The zero-order chi connectivity index (χ0) is 16.5. The van der Waals surface area contributed by atoms with E-state index in [0.29, 0.717) is 31.1 Å². The van der Waals surface area contributed by atoms with E-state index in [9.17, 15) is 13.2 Å². The van der Waals surface area contributed by atoms with Gasteiger partial charge in [-0.1, -0.05) is 12.1 Å². The van der Waals surface area contributed by atoms with Crippen molar-refractivity contribution in [1.29, 1.82) is 0 Å². The maximum atomic E-state index is 12.8. The molecule has 1 aromatic rings. The number of hydrogen-bond donors (Lipinski definition) is 1. The number of hydrogen-bond acceptors (Lipinski definition) is 4. The fourth-order valence-electron chi connectivity index (χ4n) is 2.64. The molecule has 2 N–H and O–H groups in total. The van der Waals surface area contributed by atoms with Gasteiger partial charge < -0.3 is 5.73 Å². The van der Waals surface area contributed by atoms with Gasteiger partial charge >= 0.3 is 0 Å². The summed E-state index contributed by atoms with van der Waals surface area (Å²) in [5.41, 5.74) is 6.97. The van der Waals surface area contributed by atoms with Crippen LogP contribution >= 0.6 is 0 Å². The van der Waals surface area contributed by atoms with Crippen molar-refractivity contribution in [3.8, 4) is 0 Å². The molecule has 0 aliphatic carbocycles. The van der Waals surface area contributed by atoms with Gasteiger partial charge in [-0.3, -0.25) is 9.69 Å². The normalized spacial score (nSPS) is 19.0. The second-order valence-corrected chi connectivity index (χ2v) is 7.69. The lowest BCUT2D eigenvalue weighted by molar-refractivity contribution is -0.123. The van der Waals surface area contributed by atoms with E-state index in [1.807, 2.05) is 24.0 Å². The summed E-state index contributed by atoms with van der Waals surface area (Å²) < 4.78 is 27.1. The molecule has 22 heavy (non-hydrogen) atoms. The number of sulfonamides is 1. The van der Waals surface area contributed by atoms with Crippen LogP contribution in [0.3, 0.4) is 0 Å². The van der Waals surface area contributed by atoms with Crippen LogP contribution in [0.1, 0.15) is 18.1 Å². The molecule has 2 rings (SSSR count). The molecule has 7 heteroatoms. The van der Waals surface area contributed by atoms with Crippen molar-refractivity contribution in [1.82, 2.24) is 9.21 Å². The van der Waals surface area contributed by atoms with Crippen molar-refractivity contribution < 1.29 is 13.2 Å². The molecule has 0 saturated carbocycles. The van der Waals surface area contributed by atoms with Gasteiger partial charge in [0.2, 0.25) is 15.9 Å². The Hall–Kier alpha value is -1.44. The molecule has 1 saturated heterocycles. The van der Waals surface area contributed by atoms with Crippen molar-refractivity contribution in [3.05, 3.63) is 29.3 Å². The SMILES string of the molecule is Cc1ccc(C)c(S(=O)(=O)N2CCN([C@@H](C)C(N)=O)CC2)c1. The van der Waals surface area contributed by atoms with Crippen LogP contribution in [0, 0.1) is 13.8 Å².